The fraction of sp³-hybridized carbons (Fsp3) is 1.00. The maximum atomic E-state index is 2.33. The summed E-state index contributed by atoms with van der Waals surface area (Å²) < 4.78 is 2.84. The predicted octanol–water partition coefficient (Wildman–Crippen LogP) is 10.0. The van der Waals surface area contributed by atoms with E-state index in [1.165, 1.54) is 164 Å². The molecule has 0 radical (unpaired) electrons. The SMILES string of the molecule is CCCC[N+](CCCC)(CCCC)CCCC.CCCC[N+](CCCC)(CCCC)CCCC. The van der Waals surface area contributed by atoms with E-state index < -0.39 is 0 Å². The van der Waals surface area contributed by atoms with E-state index in [0.29, 0.717) is 0 Å². The van der Waals surface area contributed by atoms with Crippen molar-refractivity contribution in [3.8, 4) is 0 Å². The van der Waals surface area contributed by atoms with Crippen LogP contribution in [0.2, 0.25) is 0 Å². The van der Waals surface area contributed by atoms with E-state index >= 15 is 0 Å². The Morgan fingerprint density at radius 2 is 0.353 bits per heavy atom. The van der Waals surface area contributed by atoms with E-state index in [0.717, 1.165) is 0 Å². The molecule has 0 aliphatic carbocycles. The van der Waals surface area contributed by atoms with Gasteiger partial charge in [0.2, 0.25) is 0 Å². The van der Waals surface area contributed by atoms with E-state index in [4.69, 9.17) is 0 Å². The van der Waals surface area contributed by atoms with Crippen LogP contribution in [0.25, 0.3) is 0 Å². The van der Waals surface area contributed by atoms with Crippen LogP contribution in [0, 0.1) is 0 Å². The van der Waals surface area contributed by atoms with Crippen LogP contribution in [-0.2, 0) is 0 Å². The van der Waals surface area contributed by atoms with Gasteiger partial charge in [-0.05, 0) is 51.4 Å². The zero-order chi connectivity index (χ0) is 26.0. The molecule has 2 nitrogen and oxygen atoms in total. The molecule has 0 aromatic heterocycles. The van der Waals surface area contributed by atoms with E-state index in [-0.39, 0.29) is 0 Å². The number of rotatable bonds is 24. The monoisotopic (exact) mass is 485 g/mol. The molecule has 0 amide bonds. The molecule has 0 saturated heterocycles. The molecule has 0 unspecified atom stereocenters. The van der Waals surface area contributed by atoms with Gasteiger partial charge in [-0.2, -0.15) is 0 Å². The number of unbranched alkanes of at least 4 members (excludes halogenated alkanes) is 8. The van der Waals surface area contributed by atoms with Crippen LogP contribution in [-0.4, -0.2) is 61.3 Å². The molecule has 0 atom stereocenters. The maximum Gasteiger partial charge on any atom is 0.0786 e. The third-order valence-electron chi connectivity index (χ3n) is 7.89. The van der Waals surface area contributed by atoms with Gasteiger partial charge in [0.25, 0.3) is 0 Å². The first-order valence-electron chi connectivity index (χ1n) is 16.2. The normalized spacial score (nSPS) is 12.0. The smallest absolute Gasteiger partial charge is 0.0786 e. The summed E-state index contributed by atoms with van der Waals surface area (Å²) >= 11 is 0. The lowest BCUT2D eigenvalue weighted by atomic mass is 10.1. The second-order valence-electron chi connectivity index (χ2n) is 11.3. The molecule has 0 N–H and O–H groups in total. The summed E-state index contributed by atoms with van der Waals surface area (Å²) in [7, 11) is 0. The summed E-state index contributed by atoms with van der Waals surface area (Å²) in [4.78, 5) is 0. The summed E-state index contributed by atoms with van der Waals surface area (Å²) in [5.74, 6) is 0. The zero-order valence-electron chi connectivity index (χ0n) is 25.9. The summed E-state index contributed by atoms with van der Waals surface area (Å²) in [6.07, 6.45) is 22.1. The molecule has 0 fully saturated rings. The van der Waals surface area contributed by atoms with Crippen LogP contribution < -0.4 is 0 Å². The molecule has 2 heteroatoms. The Hall–Kier alpha value is -0.0800. The Bertz CT molecular complexity index is 268. The van der Waals surface area contributed by atoms with Gasteiger partial charge in [0, 0.05) is 0 Å². The van der Waals surface area contributed by atoms with Gasteiger partial charge < -0.3 is 8.97 Å². The van der Waals surface area contributed by atoms with Crippen LogP contribution in [0.5, 0.6) is 0 Å². The highest BCUT2D eigenvalue weighted by molar-refractivity contribution is 4.50. The van der Waals surface area contributed by atoms with Gasteiger partial charge in [-0.15, -0.1) is 0 Å². The van der Waals surface area contributed by atoms with Crippen molar-refractivity contribution in [2.45, 2.75) is 158 Å². The van der Waals surface area contributed by atoms with Crippen molar-refractivity contribution in [1.29, 1.82) is 0 Å². The largest absolute Gasteiger partial charge is 0.324 e. The van der Waals surface area contributed by atoms with Crippen molar-refractivity contribution in [3.05, 3.63) is 0 Å². The molecule has 0 bridgehead atoms. The maximum absolute atomic E-state index is 2.33. The molecule has 0 aromatic rings. The van der Waals surface area contributed by atoms with Gasteiger partial charge in [-0.1, -0.05) is 107 Å². The van der Waals surface area contributed by atoms with Crippen molar-refractivity contribution in [1.82, 2.24) is 0 Å². The Kier molecular flexibility index (Phi) is 27.6. The van der Waals surface area contributed by atoms with E-state index in [1.807, 2.05) is 0 Å². The van der Waals surface area contributed by atoms with Crippen LogP contribution in [0.1, 0.15) is 158 Å². The van der Waals surface area contributed by atoms with Crippen molar-refractivity contribution in [2.24, 2.45) is 0 Å². The molecular formula is C32H72N2+2. The highest BCUT2D eigenvalue weighted by Crippen LogP contribution is 2.17. The van der Waals surface area contributed by atoms with E-state index in [2.05, 4.69) is 55.4 Å². The minimum Gasteiger partial charge on any atom is -0.324 e. The van der Waals surface area contributed by atoms with E-state index in [9.17, 15) is 0 Å². The molecule has 0 rings (SSSR count). The van der Waals surface area contributed by atoms with Gasteiger partial charge in [-0.25, -0.2) is 0 Å². The third-order valence-corrected chi connectivity index (χ3v) is 7.89. The van der Waals surface area contributed by atoms with E-state index in [1.54, 1.807) is 0 Å². The average molecular weight is 485 g/mol. The summed E-state index contributed by atoms with van der Waals surface area (Å²) in [6, 6.07) is 0. The fourth-order valence-electron chi connectivity index (χ4n) is 5.29. The minimum absolute atomic E-state index is 1.35. The van der Waals surface area contributed by atoms with Crippen LogP contribution in [0.3, 0.4) is 0 Å². The lowest BCUT2D eigenvalue weighted by molar-refractivity contribution is -0.929. The molecule has 208 valence electrons. The second kappa shape index (κ2) is 26.0. The number of hydrogen-bond donors (Lipinski definition) is 0. The van der Waals surface area contributed by atoms with Gasteiger partial charge in [0.1, 0.15) is 0 Å². The standard InChI is InChI=1S/2C16H36N/c2*1-5-9-13-17(14-10-6-2,15-11-7-3)16-12-8-4/h2*5-16H2,1-4H3/q2*+1. The van der Waals surface area contributed by atoms with Crippen LogP contribution >= 0.6 is 0 Å². The number of hydrogen-bond acceptors (Lipinski definition) is 0. The summed E-state index contributed by atoms with van der Waals surface area (Å²) in [6.45, 7) is 30.0. The summed E-state index contributed by atoms with van der Waals surface area (Å²) in [5.41, 5.74) is 0. The molecule has 0 aliphatic rings. The average Bonchev–Trinajstić information content (AvgIpc) is 2.87. The number of quaternary nitrogens is 2. The number of nitrogens with zero attached hydrogens (tertiary/aromatic N) is 2. The van der Waals surface area contributed by atoms with Crippen molar-refractivity contribution < 1.29 is 8.97 Å². The highest BCUT2D eigenvalue weighted by Gasteiger charge is 2.25. The topological polar surface area (TPSA) is 0 Å². The zero-order valence-corrected chi connectivity index (χ0v) is 25.9. The van der Waals surface area contributed by atoms with Crippen molar-refractivity contribution >= 4 is 0 Å². The molecule has 34 heavy (non-hydrogen) atoms. The Labute approximate surface area is 219 Å². The molecule has 0 spiro atoms. The first kappa shape index (κ1) is 36.1. The Morgan fingerprint density at radius 3 is 0.441 bits per heavy atom. The third kappa shape index (κ3) is 19.1. The van der Waals surface area contributed by atoms with Gasteiger partial charge in [-0.3, -0.25) is 0 Å². The van der Waals surface area contributed by atoms with Crippen LogP contribution in [0.15, 0.2) is 0 Å². The summed E-state index contributed by atoms with van der Waals surface area (Å²) in [5, 5.41) is 0. The Balaban J connectivity index is 0. The predicted molar refractivity (Wildman–Crippen MR) is 159 cm³/mol. The van der Waals surface area contributed by atoms with Crippen molar-refractivity contribution in [2.75, 3.05) is 52.4 Å². The molecule has 0 aliphatic heterocycles. The lowest BCUT2D eigenvalue weighted by Crippen LogP contribution is -2.50. The highest BCUT2D eigenvalue weighted by atomic mass is 15.4. The first-order valence-corrected chi connectivity index (χ1v) is 16.2. The Morgan fingerprint density at radius 1 is 0.235 bits per heavy atom. The van der Waals surface area contributed by atoms with Gasteiger partial charge in [0.05, 0.1) is 52.4 Å². The van der Waals surface area contributed by atoms with Crippen molar-refractivity contribution in [3.63, 3.8) is 0 Å². The second-order valence-corrected chi connectivity index (χ2v) is 11.3. The minimum atomic E-state index is 1.35. The molecule has 0 saturated carbocycles. The first-order chi connectivity index (χ1) is 16.5. The van der Waals surface area contributed by atoms with Gasteiger partial charge >= 0.3 is 0 Å². The molecule has 0 aromatic carbocycles. The van der Waals surface area contributed by atoms with Crippen LogP contribution in [0.4, 0.5) is 0 Å². The molecule has 0 heterocycles. The van der Waals surface area contributed by atoms with Gasteiger partial charge in [0.15, 0.2) is 0 Å². The lowest BCUT2D eigenvalue weighted by Gasteiger charge is -2.39. The fourth-order valence-corrected chi connectivity index (χ4v) is 5.29. The quantitative estimate of drug-likeness (QED) is 0.119. The molecular weight excluding hydrogens is 412 g/mol.